The molecule has 2 rings (SSSR count). The summed E-state index contributed by atoms with van der Waals surface area (Å²) in [5.41, 5.74) is 2.75. The van der Waals surface area contributed by atoms with E-state index in [1.165, 1.54) is 4.57 Å². The standard InChI is InChI=1S/C11H10N6O/c12-7-6-9-15-16-11(14-13)17(9)10(18)8-4-2-1-3-5-8/h1-5H,6,13H2,(H,14,16). The van der Waals surface area contributed by atoms with Crippen LogP contribution in [-0.2, 0) is 6.42 Å². The molecule has 1 aromatic carbocycles. The molecule has 0 aliphatic rings. The van der Waals surface area contributed by atoms with Crippen LogP contribution in [0.5, 0.6) is 0 Å². The number of nitrogen functional groups attached to an aromatic ring is 1. The first-order valence-electron chi connectivity index (χ1n) is 5.15. The van der Waals surface area contributed by atoms with Gasteiger partial charge in [0.05, 0.1) is 12.5 Å². The quantitative estimate of drug-likeness (QED) is 0.592. The predicted molar refractivity (Wildman–Crippen MR) is 63.3 cm³/mol. The van der Waals surface area contributed by atoms with Gasteiger partial charge in [0, 0.05) is 5.56 Å². The molecule has 0 radical (unpaired) electrons. The molecule has 0 aliphatic heterocycles. The summed E-state index contributed by atoms with van der Waals surface area (Å²) < 4.78 is 1.19. The van der Waals surface area contributed by atoms with Gasteiger partial charge in [-0.3, -0.25) is 10.2 Å². The van der Waals surface area contributed by atoms with Crippen molar-refractivity contribution < 1.29 is 4.79 Å². The van der Waals surface area contributed by atoms with Crippen LogP contribution in [0.3, 0.4) is 0 Å². The molecule has 0 fully saturated rings. The van der Waals surface area contributed by atoms with Gasteiger partial charge in [-0.15, -0.1) is 10.2 Å². The molecule has 0 unspecified atom stereocenters. The number of nitrogens with one attached hydrogen (secondary N) is 1. The van der Waals surface area contributed by atoms with Gasteiger partial charge in [-0.1, -0.05) is 18.2 Å². The zero-order chi connectivity index (χ0) is 13.0. The molecule has 0 atom stereocenters. The highest BCUT2D eigenvalue weighted by atomic mass is 16.2. The van der Waals surface area contributed by atoms with Gasteiger partial charge in [0.1, 0.15) is 0 Å². The van der Waals surface area contributed by atoms with Crippen molar-refractivity contribution in [2.24, 2.45) is 5.84 Å². The third kappa shape index (κ3) is 2.05. The first-order chi connectivity index (χ1) is 8.77. The fraction of sp³-hybridized carbons (Fsp3) is 0.0909. The molecule has 1 heterocycles. The fourth-order valence-electron chi connectivity index (χ4n) is 1.52. The average molecular weight is 242 g/mol. The average Bonchev–Trinajstić information content (AvgIpc) is 2.82. The molecule has 0 bridgehead atoms. The second-order valence-electron chi connectivity index (χ2n) is 3.43. The number of hydrogen-bond acceptors (Lipinski definition) is 6. The SMILES string of the molecule is N#CCc1nnc(NN)n1C(=O)c1ccccc1. The maximum atomic E-state index is 12.3. The molecular formula is C11H10N6O. The van der Waals surface area contributed by atoms with Crippen molar-refractivity contribution in [1.82, 2.24) is 14.8 Å². The largest absolute Gasteiger partial charge is 0.292 e. The molecule has 2 aromatic rings. The topological polar surface area (TPSA) is 110 Å². The van der Waals surface area contributed by atoms with Gasteiger partial charge in [0.25, 0.3) is 5.91 Å². The summed E-state index contributed by atoms with van der Waals surface area (Å²) >= 11 is 0. The first kappa shape index (κ1) is 11.8. The van der Waals surface area contributed by atoms with E-state index in [9.17, 15) is 4.79 Å². The number of nitriles is 1. The van der Waals surface area contributed by atoms with Gasteiger partial charge in [0.15, 0.2) is 5.82 Å². The number of carbonyl (C=O) groups is 1. The minimum atomic E-state index is -0.334. The number of benzene rings is 1. The van der Waals surface area contributed by atoms with Crippen molar-refractivity contribution in [3.05, 3.63) is 41.7 Å². The van der Waals surface area contributed by atoms with Crippen LogP contribution in [0.25, 0.3) is 0 Å². The molecule has 1 aromatic heterocycles. The van der Waals surface area contributed by atoms with Crippen molar-refractivity contribution in [2.45, 2.75) is 6.42 Å². The van der Waals surface area contributed by atoms with Gasteiger partial charge >= 0.3 is 0 Å². The van der Waals surface area contributed by atoms with Crippen LogP contribution < -0.4 is 11.3 Å². The molecule has 3 N–H and O–H groups in total. The Bertz CT molecular complexity index is 598. The third-order valence-corrected chi connectivity index (χ3v) is 2.32. The number of anilines is 1. The number of carbonyl (C=O) groups excluding carboxylic acids is 1. The minimum absolute atomic E-state index is 0.0206. The Hall–Kier alpha value is -2.72. The minimum Gasteiger partial charge on any atom is -0.292 e. The monoisotopic (exact) mass is 242 g/mol. The fourth-order valence-corrected chi connectivity index (χ4v) is 1.52. The number of rotatable bonds is 3. The zero-order valence-electron chi connectivity index (χ0n) is 9.37. The highest BCUT2D eigenvalue weighted by molar-refractivity contribution is 5.97. The van der Waals surface area contributed by atoms with E-state index in [4.69, 9.17) is 11.1 Å². The summed E-state index contributed by atoms with van der Waals surface area (Å²) in [7, 11) is 0. The second kappa shape index (κ2) is 5.07. The van der Waals surface area contributed by atoms with Gasteiger partial charge in [-0.2, -0.15) is 5.26 Å². The highest BCUT2D eigenvalue weighted by Crippen LogP contribution is 2.11. The van der Waals surface area contributed by atoms with Crippen LogP contribution in [0.2, 0.25) is 0 Å². The number of hydrazine groups is 1. The van der Waals surface area contributed by atoms with Crippen LogP contribution in [0, 0.1) is 11.3 Å². The lowest BCUT2D eigenvalue weighted by atomic mass is 10.2. The van der Waals surface area contributed by atoms with E-state index >= 15 is 0 Å². The maximum Gasteiger partial charge on any atom is 0.266 e. The zero-order valence-corrected chi connectivity index (χ0v) is 9.37. The lowest BCUT2D eigenvalue weighted by Crippen LogP contribution is -2.21. The van der Waals surface area contributed by atoms with Crippen LogP contribution in [0.1, 0.15) is 16.2 Å². The van der Waals surface area contributed by atoms with Crippen LogP contribution >= 0.6 is 0 Å². The molecule has 0 amide bonds. The highest BCUT2D eigenvalue weighted by Gasteiger charge is 2.18. The third-order valence-electron chi connectivity index (χ3n) is 2.32. The molecular weight excluding hydrogens is 232 g/mol. The van der Waals surface area contributed by atoms with E-state index in [0.717, 1.165) is 0 Å². The van der Waals surface area contributed by atoms with Crippen LogP contribution in [-0.4, -0.2) is 20.7 Å². The van der Waals surface area contributed by atoms with Gasteiger partial charge in [-0.25, -0.2) is 10.4 Å². The summed E-state index contributed by atoms with van der Waals surface area (Å²) in [4.78, 5) is 12.3. The van der Waals surface area contributed by atoms with Crippen LogP contribution in [0.4, 0.5) is 5.95 Å². The van der Waals surface area contributed by atoms with Crippen LogP contribution in [0.15, 0.2) is 30.3 Å². The summed E-state index contributed by atoms with van der Waals surface area (Å²) in [5, 5.41) is 16.1. The van der Waals surface area contributed by atoms with Crippen molar-refractivity contribution in [3.8, 4) is 6.07 Å². The number of aromatic nitrogens is 3. The Morgan fingerprint density at radius 3 is 2.72 bits per heavy atom. The van der Waals surface area contributed by atoms with Crippen molar-refractivity contribution >= 4 is 11.9 Å². The normalized spacial score (nSPS) is 9.78. The lowest BCUT2D eigenvalue weighted by Gasteiger charge is -2.06. The number of hydrogen-bond donors (Lipinski definition) is 2. The molecule has 18 heavy (non-hydrogen) atoms. The van der Waals surface area contributed by atoms with E-state index in [1.807, 2.05) is 6.07 Å². The van der Waals surface area contributed by atoms with E-state index in [-0.39, 0.29) is 24.1 Å². The van der Waals surface area contributed by atoms with Crippen molar-refractivity contribution in [3.63, 3.8) is 0 Å². The van der Waals surface area contributed by atoms with Gasteiger partial charge in [0.2, 0.25) is 5.95 Å². The summed E-state index contributed by atoms with van der Waals surface area (Å²) in [5.74, 6) is 5.29. The summed E-state index contributed by atoms with van der Waals surface area (Å²) in [6.07, 6.45) is -0.0206. The van der Waals surface area contributed by atoms with E-state index in [0.29, 0.717) is 5.56 Å². The Kier molecular flexibility index (Phi) is 3.31. The summed E-state index contributed by atoms with van der Waals surface area (Å²) in [6.45, 7) is 0. The lowest BCUT2D eigenvalue weighted by molar-refractivity contribution is 0.0959. The molecule has 0 spiro atoms. The first-order valence-corrected chi connectivity index (χ1v) is 5.15. The summed E-state index contributed by atoms with van der Waals surface area (Å²) in [6, 6.07) is 10.6. The molecule has 0 aliphatic carbocycles. The van der Waals surface area contributed by atoms with E-state index in [1.54, 1.807) is 30.3 Å². The predicted octanol–water partition coefficient (Wildman–Crippen LogP) is 0.318. The van der Waals surface area contributed by atoms with Crippen molar-refractivity contribution in [2.75, 3.05) is 5.43 Å². The number of nitrogens with two attached hydrogens (primary N) is 1. The van der Waals surface area contributed by atoms with Gasteiger partial charge in [-0.05, 0) is 12.1 Å². The maximum absolute atomic E-state index is 12.3. The van der Waals surface area contributed by atoms with Crippen molar-refractivity contribution in [1.29, 1.82) is 5.26 Å². The van der Waals surface area contributed by atoms with E-state index < -0.39 is 0 Å². The molecule has 0 saturated heterocycles. The molecule has 7 heteroatoms. The smallest absolute Gasteiger partial charge is 0.266 e. The van der Waals surface area contributed by atoms with E-state index in [2.05, 4.69) is 15.6 Å². The Morgan fingerprint density at radius 1 is 1.39 bits per heavy atom. The Labute approximate surface area is 103 Å². The Morgan fingerprint density at radius 2 is 2.11 bits per heavy atom. The second-order valence-corrected chi connectivity index (χ2v) is 3.43. The molecule has 7 nitrogen and oxygen atoms in total. The number of nitrogens with zero attached hydrogens (tertiary/aromatic N) is 4. The molecule has 90 valence electrons. The Balaban J connectivity index is 2.47. The molecule has 0 saturated carbocycles. The van der Waals surface area contributed by atoms with Gasteiger partial charge < -0.3 is 0 Å².